The van der Waals surface area contributed by atoms with E-state index in [1.165, 1.54) is 30.7 Å². The minimum atomic E-state index is -0.542. The van der Waals surface area contributed by atoms with Crippen molar-refractivity contribution in [3.8, 4) is 0 Å². The molecule has 0 aliphatic heterocycles. The lowest BCUT2D eigenvalue weighted by Crippen LogP contribution is -2.22. The lowest BCUT2D eigenvalue weighted by Gasteiger charge is -2.06. The summed E-state index contributed by atoms with van der Waals surface area (Å²) in [4.78, 5) is 42.3. The van der Waals surface area contributed by atoms with E-state index in [0.29, 0.717) is 17.0 Å². The van der Waals surface area contributed by atoms with E-state index in [4.69, 9.17) is 5.73 Å². The highest BCUT2D eigenvalue weighted by molar-refractivity contribution is 6.06. The molecule has 3 amide bonds. The third-order valence-electron chi connectivity index (χ3n) is 3.01. The summed E-state index contributed by atoms with van der Waals surface area (Å²) in [5, 5.41) is 6.50. The molecule has 4 N–H and O–H groups in total. The fourth-order valence-corrected chi connectivity index (χ4v) is 1.81. The van der Waals surface area contributed by atoms with Crippen LogP contribution in [0.5, 0.6) is 0 Å². The number of rotatable bonds is 6. The molecule has 2 rings (SSSR count). The molecule has 9 nitrogen and oxygen atoms in total. The van der Waals surface area contributed by atoms with Crippen molar-refractivity contribution in [2.24, 2.45) is 10.8 Å². The maximum Gasteiger partial charge on any atom is 0.291 e. The number of aromatic nitrogens is 2. The number of nitrogens with two attached hydrogens (primary N) is 1. The predicted molar refractivity (Wildman–Crippen MR) is 90.8 cm³/mol. The van der Waals surface area contributed by atoms with Gasteiger partial charge in [0.25, 0.3) is 5.91 Å². The lowest BCUT2D eigenvalue weighted by atomic mass is 10.2. The summed E-state index contributed by atoms with van der Waals surface area (Å²) in [7, 11) is 0. The van der Waals surface area contributed by atoms with Crippen molar-refractivity contribution in [3.05, 3.63) is 54.1 Å². The van der Waals surface area contributed by atoms with E-state index in [2.05, 4.69) is 25.8 Å². The molecule has 9 heteroatoms. The Balaban J connectivity index is 1.86. The maximum atomic E-state index is 11.9. The fourth-order valence-electron chi connectivity index (χ4n) is 1.81. The quantitative estimate of drug-likeness (QED) is 0.525. The number of nitrogens with one attached hydrogen (secondary N) is 2. The zero-order valence-electron chi connectivity index (χ0n) is 13.4. The Morgan fingerprint density at radius 3 is 2.48 bits per heavy atom. The highest BCUT2D eigenvalue weighted by Crippen LogP contribution is 2.09. The molecule has 0 atom stereocenters. The summed E-state index contributed by atoms with van der Waals surface area (Å²) in [5.41, 5.74) is 8.85. The molecule has 1 heterocycles. The number of hydrazone groups is 1. The van der Waals surface area contributed by atoms with Gasteiger partial charge in [-0.2, -0.15) is 5.10 Å². The molecule has 0 aliphatic carbocycles. The first kappa shape index (κ1) is 17.7. The van der Waals surface area contributed by atoms with Gasteiger partial charge in [-0.05, 0) is 31.2 Å². The molecule has 0 radical (unpaired) electrons. The van der Waals surface area contributed by atoms with Crippen LogP contribution in [0.3, 0.4) is 0 Å². The Labute approximate surface area is 143 Å². The van der Waals surface area contributed by atoms with Gasteiger partial charge < -0.3 is 11.1 Å². The molecule has 0 unspecified atom stereocenters. The van der Waals surface area contributed by atoms with Gasteiger partial charge in [0, 0.05) is 29.4 Å². The van der Waals surface area contributed by atoms with Gasteiger partial charge in [0.15, 0.2) is 0 Å². The molecule has 25 heavy (non-hydrogen) atoms. The normalized spacial score (nSPS) is 10.8. The van der Waals surface area contributed by atoms with E-state index in [0.717, 1.165) is 0 Å². The number of nitrogens with zero attached hydrogens (tertiary/aromatic N) is 3. The van der Waals surface area contributed by atoms with Gasteiger partial charge in [0.1, 0.15) is 5.69 Å². The van der Waals surface area contributed by atoms with Crippen LogP contribution in [0.4, 0.5) is 5.69 Å². The van der Waals surface area contributed by atoms with E-state index < -0.39 is 11.8 Å². The van der Waals surface area contributed by atoms with Crippen LogP contribution in [-0.4, -0.2) is 33.4 Å². The van der Waals surface area contributed by atoms with Crippen LogP contribution in [0.2, 0.25) is 0 Å². The van der Waals surface area contributed by atoms with Crippen LogP contribution >= 0.6 is 0 Å². The minimum Gasteiger partial charge on any atom is -0.366 e. The van der Waals surface area contributed by atoms with Crippen molar-refractivity contribution >= 4 is 29.1 Å². The molecule has 128 valence electrons. The van der Waals surface area contributed by atoms with Crippen molar-refractivity contribution in [1.29, 1.82) is 0 Å². The smallest absolute Gasteiger partial charge is 0.291 e. The molecule has 0 fully saturated rings. The zero-order chi connectivity index (χ0) is 18.2. The summed E-state index contributed by atoms with van der Waals surface area (Å²) >= 11 is 0. The van der Waals surface area contributed by atoms with Crippen molar-refractivity contribution < 1.29 is 14.4 Å². The number of hydrogen-bond acceptors (Lipinski definition) is 6. The fraction of sp³-hybridized carbons (Fsp3) is 0.125. The highest BCUT2D eigenvalue weighted by Gasteiger charge is 2.08. The summed E-state index contributed by atoms with van der Waals surface area (Å²) in [6.07, 6.45) is 4.13. The van der Waals surface area contributed by atoms with Gasteiger partial charge in [-0.1, -0.05) is 0 Å². The first-order valence-corrected chi connectivity index (χ1v) is 7.25. The van der Waals surface area contributed by atoms with Gasteiger partial charge in [0.05, 0.1) is 12.6 Å². The maximum absolute atomic E-state index is 11.9. The molecular weight excluding hydrogens is 324 g/mol. The molecule has 0 saturated carbocycles. The van der Waals surface area contributed by atoms with Crippen LogP contribution in [-0.2, 0) is 4.79 Å². The van der Waals surface area contributed by atoms with E-state index in [1.54, 1.807) is 19.1 Å². The van der Waals surface area contributed by atoms with E-state index in [9.17, 15) is 14.4 Å². The van der Waals surface area contributed by atoms with Gasteiger partial charge in [0.2, 0.25) is 11.8 Å². The van der Waals surface area contributed by atoms with Crippen LogP contribution in [0, 0.1) is 0 Å². The summed E-state index contributed by atoms with van der Waals surface area (Å²) in [5.74, 6) is -1.38. The largest absolute Gasteiger partial charge is 0.366 e. The number of hydrogen-bond donors (Lipinski definition) is 3. The molecule has 0 aliphatic rings. The van der Waals surface area contributed by atoms with Crippen LogP contribution in [0.25, 0.3) is 0 Å². The first-order chi connectivity index (χ1) is 12.0. The molecule has 1 aromatic carbocycles. The Bertz CT molecular complexity index is 802. The first-order valence-electron chi connectivity index (χ1n) is 7.25. The lowest BCUT2D eigenvalue weighted by molar-refractivity contribution is -0.115. The average molecular weight is 340 g/mol. The van der Waals surface area contributed by atoms with Crippen molar-refractivity contribution in [3.63, 3.8) is 0 Å². The van der Waals surface area contributed by atoms with Gasteiger partial charge in [-0.25, -0.2) is 10.4 Å². The molecule has 2 aromatic rings. The predicted octanol–water partition coefficient (Wildman–Crippen LogP) is 0.710. The SMILES string of the molecule is CC(CC(=O)Nc1ccc(C(N)=O)cc1)=NNC(=O)c1cnccn1. The summed E-state index contributed by atoms with van der Waals surface area (Å²) in [6, 6.07) is 6.17. The van der Waals surface area contributed by atoms with Gasteiger partial charge >= 0.3 is 0 Å². The van der Waals surface area contributed by atoms with E-state index in [1.807, 2.05) is 0 Å². The zero-order valence-corrected chi connectivity index (χ0v) is 13.4. The Hall–Kier alpha value is -3.62. The van der Waals surface area contributed by atoms with Crippen molar-refractivity contribution in [1.82, 2.24) is 15.4 Å². The third-order valence-corrected chi connectivity index (χ3v) is 3.01. The molecule has 1 aromatic heterocycles. The number of primary amides is 1. The number of amides is 3. The van der Waals surface area contributed by atoms with E-state index >= 15 is 0 Å². The highest BCUT2D eigenvalue weighted by atomic mass is 16.2. The average Bonchev–Trinajstić information content (AvgIpc) is 2.60. The third kappa shape index (κ3) is 5.50. The second kappa shape index (κ2) is 8.29. The second-order valence-corrected chi connectivity index (χ2v) is 5.05. The van der Waals surface area contributed by atoms with Crippen LogP contribution in [0.1, 0.15) is 34.2 Å². The second-order valence-electron chi connectivity index (χ2n) is 5.05. The number of carbonyl (C=O) groups is 3. The van der Waals surface area contributed by atoms with Crippen molar-refractivity contribution in [2.75, 3.05) is 5.32 Å². The van der Waals surface area contributed by atoms with Gasteiger partial charge in [-0.3, -0.25) is 19.4 Å². The Kier molecular flexibility index (Phi) is 5.88. The Morgan fingerprint density at radius 2 is 1.88 bits per heavy atom. The molecule has 0 bridgehead atoms. The topological polar surface area (TPSA) is 139 Å². The summed E-state index contributed by atoms with van der Waals surface area (Å²) < 4.78 is 0. The summed E-state index contributed by atoms with van der Waals surface area (Å²) in [6.45, 7) is 1.60. The number of carbonyl (C=O) groups excluding carboxylic acids is 3. The molecule has 0 saturated heterocycles. The standard InChI is InChI=1S/C16H16N6O3/c1-10(21-22-16(25)13-9-18-6-7-19-13)8-14(23)20-12-4-2-11(3-5-12)15(17)24/h2-7,9H,8H2,1H3,(H2,17,24)(H,20,23)(H,22,25). The molecular formula is C16H16N6O3. The monoisotopic (exact) mass is 340 g/mol. The van der Waals surface area contributed by atoms with Crippen LogP contribution < -0.4 is 16.5 Å². The van der Waals surface area contributed by atoms with Crippen LogP contribution in [0.15, 0.2) is 48.0 Å². The molecule has 0 spiro atoms. The van der Waals surface area contributed by atoms with Gasteiger partial charge in [-0.15, -0.1) is 0 Å². The minimum absolute atomic E-state index is 0.0156. The Morgan fingerprint density at radius 1 is 1.16 bits per heavy atom. The van der Waals surface area contributed by atoms with Crippen molar-refractivity contribution in [2.45, 2.75) is 13.3 Å². The number of anilines is 1. The number of benzene rings is 1. The van der Waals surface area contributed by atoms with E-state index in [-0.39, 0.29) is 18.0 Å².